The number of anilines is 1. The topological polar surface area (TPSA) is 64.3 Å². The van der Waals surface area contributed by atoms with E-state index in [0.717, 1.165) is 12.0 Å². The molecule has 0 radical (unpaired) electrons. The lowest BCUT2D eigenvalue weighted by Crippen LogP contribution is -2.36. The molecule has 0 spiro atoms. The Morgan fingerprint density at radius 1 is 1.40 bits per heavy atom. The lowest BCUT2D eigenvalue weighted by atomic mass is 10.1. The maximum Gasteiger partial charge on any atom is 0.253 e. The molecule has 0 aliphatic rings. The van der Waals surface area contributed by atoms with Gasteiger partial charge < -0.3 is 15.8 Å². The highest BCUT2D eigenvalue weighted by atomic mass is 32.1. The summed E-state index contributed by atoms with van der Waals surface area (Å²) < 4.78 is 5.73. The first-order valence-electron chi connectivity index (χ1n) is 6.63. The first kappa shape index (κ1) is 16.6. The maximum absolute atomic E-state index is 12.0. The molecule has 20 heavy (non-hydrogen) atoms. The van der Waals surface area contributed by atoms with E-state index in [2.05, 4.69) is 5.32 Å². The third kappa shape index (κ3) is 4.90. The van der Waals surface area contributed by atoms with Crippen molar-refractivity contribution in [1.29, 1.82) is 0 Å². The van der Waals surface area contributed by atoms with E-state index in [4.69, 9.17) is 22.7 Å². The third-order valence-corrected chi connectivity index (χ3v) is 3.39. The van der Waals surface area contributed by atoms with E-state index in [1.165, 1.54) is 0 Å². The van der Waals surface area contributed by atoms with Crippen molar-refractivity contribution in [1.82, 2.24) is 0 Å². The number of amides is 1. The normalized spacial score (nSPS) is 12.8. The summed E-state index contributed by atoms with van der Waals surface area (Å²) in [6.45, 7) is 7.71. The minimum Gasteiger partial charge on any atom is -0.389 e. The number of hydrogen-bond acceptors (Lipinski definition) is 3. The summed E-state index contributed by atoms with van der Waals surface area (Å²) in [5, 5.41) is 2.81. The lowest BCUT2D eigenvalue weighted by molar-refractivity contribution is -0.137. The van der Waals surface area contributed by atoms with Gasteiger partial charge in [-0.3, -0.25) is 4.79 Å². The first-order valence-corrected chi connectivity index (χ1v) is 7.04. The predicted octanol–water partition coefficient (Wildman–Crippen LogP) is 2.85. The summed E-state index contributed by atoms with van der Waals surface area (Å²) in [6.07, 6.45) is 0.327. The number of benzene rings is 1. The molecule has 0 saturated heterocycles. The monoisotopic (exact) mass is 294 g/mol. The Bertz CT molecular complexity index is 483. The average Bonchev–Trinajstić information content (AvgIpc) is 2.38. The molecule has 0 aliphatic carbocycles. The van der Waals surface area contributed by atoms with E-state index in [9.17, 15) is 4.79 Å². The first-order chi connectivity index (χ1) is 9.25. The average molecular weight is 294 g/mol. The van der Waals surface area contributed by atoms with Crippen LogP contribution in [0.4, 0.5) is 5.69 Å². The van der Waals surface area contributed by atoms with Crippen LogP contribution in [0.3, 0.4) is 0 Å². The SMILES string of the molecule is CCC(C)(C)OC(C)C(=O)Nc1ccc(C(N)=S)cc1. The molecule has 5 heteroatoms. The summed E-state index contributed by atoms with van der Waals surface area (Å²) in [7, 11) is 0. The molecule has 110 valence electrons. The van der Waals surface area contributed by atoms with Crippen LogP contribution in [-0.2, 0) is 9.53 Å². The zero-order valence-corrected chi connectivity index (χ0v) is 13.2. The largest absolute Gasteiger partial charge is 0.389 e. The number of carbonyl (C=O) groups is 1. The number of carbonyl (C=O) groups excluding carboxylic acids is 1. The quantitative estimate of drug-likeness (QED) is 0.792. The highest BCUT2D eigenvalue weighted by Crippen LogP contribution is 2.17. The molecule has 0 aliphatic heterocycles. The zero-order valence-electron chi connectivity index (χ0n) is 12.4. The molecule has 1 atom stereocenters. The molecule has 0 saturated carbocycles. The van der Waals surface area contributed by atoms with Gasteiger partial charge in [-0.1, -0.05) is 19.1 Å². The lowest BCUT2D eigenvalue weighted by Gasteiger charge is -2.27. The number of rotatable bonds is 6. The number of nitrogens with one attached hydrogen (secondary N) is 1. The van der Waals surface area contributed by atoms with Crippen LogP contribution >= 0.6 is 12.2 Å². The second-order valence-corrected chi connectivity index (χ2v) is 5.74. The molecule has 0 bridgehead atoms. The van der Waals surface area contributed by atoms with Crippen molar-refractivity contribution in [2.75, 3.05) is 5.32 Å². The van der Waals surface area contributed by atoms with E-state index in [1.807, 2.05) is 20.8 Å². The number of thiocarbonyl (C=S) groups is 1. The molecule has 0 fully saturated rings. The van der Waals surface area contributed by atoms with Gasteiger partial charge in [0.1, 0.15) is 11.1 Å². The van der Waals surface area contributed by atoms with Gasteiger partial charge in [0.15, 0.2) is 0 Å². The van der Waals surface area contributed by atoms with E-state index in [-0.39, 0.29) is 11.5 Å². The number of ether oxygens (including phenoxy) is 1. The molecule has 4 nitrogen and oxygen atoms in total. The van der Waals surface area contributed by atoms with Gasteiger partial charge in [-0.25, -0.2) is 0 Å². The number of nitrogens with two attached hydrogens (primary N) is 1. The van der Waals surface area contributed by atoms with Crippen LogP contribution in [0.15, 0.2) is 24.3 Å². The Labute approximate surface area is 125 Å². The van der Waals surface area contributed by atoms with Crippen molar-refractivity contribution in [3.8, 4) is 0 Å². The second kappa shape index (κ2) is 6.81. The third-order valence-electron chi connectivity index (χ3n) is 3.15. The highest BCUT2D eigenvalue weighted by Gasteiger charge is 2.23. The van der Waals surface area contributed by atoms with Gasteiger partial charge in [0, 0.05) is 11.3 Å². The van der Waals surface area contributed by atoms with Gasteiger partial charge in [0.2, 0.25) is 0 Å². The zero-order chi connectivity index (χ0) is 15.3. The van der Waals surface area contributed by atoms with Gasteiger partial charge in [0.25, 0.3) is 5.91 Å². The van der Waals surface area contributed by atoms with Crippen LogP contribution in [-0.4, -0.2) is 22.6 Å². The molecule has 0 aromatic heterocycles. The summed E-state index contributed by atoms with van der Waals surface area (Å²) in [5.74, 6) is -0.172. The molecule has 1 amide bonds. The minimum atomic E-state index is -0.514. The van der Waals surface area contributed by atoms with Crippen molar-refractivity contribution in [2.24, 2.45) is 5.73 Å². The maximum atomic E-state index is 12.0. The Morgan fingerprint density at radius 3 is 2.40 bits per heavy atom. The van der Waals surface area contributed by atoms with E-state index in [1.54, 1.807) is 31.2 Å². The van der Waals surface area contributed by atoms with E-state index < -0.39 is 6.10 Å². The van der Waals surface area contributed by atoms with Gasteiger partial charge >= 0.3 is 0 Å². The molecule has 1 aromatic carbocycles. The Balaban J connectivity index is 2.64. The number of hydrogen-bond donors (Lipinski definition) is 2. The molecular formula is C15H22N2O2S. The van der Waals surface area contributed by atoms with Crippen LogP contribution in [0.1, 0.15) is 39.7 Å². The fourth-order valence-electron chi connectivity index (χ4n) is 1.58. The minimum absolute atomic E-state index is 0.172. The Kier molecular flexibility index (Phi) is 5.65. The Morgan fingerprint density at radius 2 is 1.95 bits per heavy atom. The van der Waals surface area contributed by atoms with Crippen LogP contribution < -0.4 is 11.1 Å². The molecule has 1 aromatic rings. The predicted molar refractivity (Wildman–Crippen MR) is 85.9 cm³/mol. The smallest absolute Gasteiger partial charge is 0.253 e. The van der Waals surface area contributed by atoms with Crippen molar-refractivity contribution in [2.45, 2.75) is 45.8 Å². The van der Waals surface area contributed by atoms with Crippen molar-refractivity contribution in [3.63, 3.8) is 0 Å². The van der Waals surface area contributed by atoms with E-state index in [0.29, 0.717) is 10.7 Å². The fraction of sp³-hybridized carbons (Fsp3) is 0.467. The molecule has 1 rings (SSSR count). The van der Waals surface area contributed by atoms with Crippen molar-refractivity contribution >= 4 is 28.8 Å². The van der Waals surface area contributed by atoms with Gasteiger partial charge in [-0.05, 0) is 51.5 Å². The summed E-state index contributed by atoms with van der Waals surface area (Å²) >= 11 is 4.88. The summed E-state index contributed by atoms with van der Waals surface area (Å²) in [5.41, 5.74) is 6.68. The molecule has 3 N–H and O–H groups in total. The van der Waals surface area contributed by atoms with Gasteiger partial charge in [0.05, 0.1) is 5.60 Å². The standard InChI is InChI=1S/C15H22N2O2S/c1-5-15(3,4)19-10(2)14(18)17-12-8-6-11(7-9-12)13(16)20/h6-10H,5H2,1-4H3,(H2,16,20)(H,17,18). The van der Waals surface area contributed by atoms with Crippen LogP contribution in [0.2, 0.25) is 0 Å². The Hall–Kier alpha value is -1.46. The second-order valence-electron chi connectivity index (χ2n) is 5.30. The molecule has 1 unspecified atom stereocenters. The van der Waals surface area contributed by atoms with Crippen LogP contribution in [0.5, 0.6) is 0 Å². The summed E-state index contributed by atoms with van der Waals surface area (Å²) in [4.78, 5) is 12.4. The molecular weight excluding hydrogens is 272 g/mol. The highest BCUT2D eigenvalue weighted by molar-refractivity contribution is 7.80. The fourth-order valence-corrected chi connectivity index (χ4v) is 1.71. The van der Waals surface area contributed by atoms with Gasteiger partial charge in [-0.2, -0.15) is 0 Å². The van der Waals surface area contributed by atoms with E-state index >= 15 is 0 Å². The van der Waals surface area contributed by atoms with Crippen LogP contribution in [0.25, 0.3) is 0 Å². The van der Waals surface area contributed by atoms with Crippen molar-refractivity contribution < 1.29 is 9.53 Å². The molecule has 0 heterocycles. The summed E-state index contributed by atoms with van der Waals surface area (Å²) in [6, 6.07) is 7.09. The van der Waals surface area contributed by atoms with Crippen LogP contribution in [0, 0.1) is 0 Å². The van der Waals surface area contributed by atoms with Gasteiger partial charge in [-0.15, -0.1) is 0 Å². The van der Waals surface area contributed by atoms with Crippen molar-refractivity contribution in [3.05, 3.63) is 29.8 Å².